The highest BCUT2D eigenvalue weighted by Crippen LogP contribution is 2.16. The van der Waals surface area contributed by atoms with Gasteiger partial charge in [-0.15, -0.1) is 0 Å². The zero-order chi connectivity index (χ0) is 9.10. The van der Waals surface area contributed by atoms with Crippen molar-refractivity contribution >= 4 is 12.6 Å². The van der Waals surface area contributed by atoms with Crippen LogP contribution in [0.1, 0.15) is 12.0 Å². The maximum absolute atomic E-state index is 4.48. The van der Waals surface area contributed by atoms with Crippen LogP contribution in [0.3, 0.4) is 0 Å². The van der Waals surface area contributed by atoms with Gasteiger partial charge in [0.05, 0.1) is 0 Å². The molecule has 0 amide bonds. The molecule has 1 saturated heterocycles. The van der Waals surface area contributed by atoms with Gasteiger partial charge in [0.1, 0.15) is 0 Å². The smallest absolute Gasteiger partial charge is 0.0234 e. The van der Waals surface area contributed by atoms with E-state index < -0.39 is 0 Å². The van der Waals surface area contributed by atoms with Gasteiger partial charge in [-0.2, -0.15) is 12.6 Å². The molecule has 1 nitrogen and oxygen atoms in total. The van der Waals surface area contributed by atoms with Crippen molar-refractivity contribution in [2.24, 2.45) is 0 Å². The van der Waals surface area contributed by atoms with Crippen LogP contribution in [0.2, 0.25) is 0 Å². The number of benzene rings is 1. The Labute approximate surface area is 85.2 Å². The monoisotopic (exact) mass is 193 g/mol. The Kier molecular flexibility index (Phi) is 2.91. The molecule has 1 aromatic rings. The average Bonchev–Trinajstić information content (AvgIpc) is 2.53. The van der Waals surface area contributed by atoms with Gasteiger partial charge in [0.25, 0.3) is 0 Å². The standard InChI is InChI=1S/C11H15NS/c13-11-6-7-12(9-11)8-10-4-2-1-3-5-10/h1-5,11,13H,6-9H2/t11-/m0/s1. The van der Waals surface area contributed by atoms with Crippen LogP contribution in [-0.2, 0) is 6.54 Å². The van der Waals surface area contributed by atoms with E-state index in [-0.39, 0.29) is 0 Å². The first-order valence-corrected chi connectivity index (χ1v) is 5.30. The average molecular weight is 193 g/mol. The molecule has 1 fully saturated rings. The Morgan fingerprint density at radius 2 is 2.08 bits per heavy atom. The highest BCUT2D eigenvalue weighted by molar-refractivity contribution is 7.81. The molecule has 1 heterocycles. The van der Waals surface area contributed by atoms with Crippen molar-refractivity contribution in [2.45, 2.75) is 18.2 Å². The van der Waals surface area contributed by atoms with Crippen LogP contribution in [0.15, 0.2) is 30.3 Å². The number of rotatable bonds is 2. The Bertz CT molecular complexity index is 260. The fourth-order valence-corrected chi connectivity index (χ4v) is 2.14. The van der Waals surface area contributed by atoms with E-state index in [0.29, 0.717) is 5.25 Å². The van der Waals surface area contributed by atoms with Gasteiger partial charge >= 0.3 is 0 Å². The molecule has 0 radical (unpaired) electrons. The van der Waals surface area contributed by atoms with Gasteiger partial charge in [-0.3, -0.25) is 4.90 Å². The lowest BCUT2D eigenvalue weighted by atomic mass is 10.2. The highest BCUT2D eigenvalue weighted by atomic mass is 32.1. The van der Waals surface area contributed by atoms with Gasteiger partial charge in [-0.25, -0.2) is 0 Å². The van der Waals surface area contributed by atoms with Gasteiger partial charge < -0.3 is 0 Å². The van der Waals surface area contributed by atoms with Gasteiger partial charge in [-0.1, -0.05) is 30.3 Å². The Morgan fingerprint density at radius 1 is 1.31 bits per heavy atom. The molecule has 0 spiro atoms. The molecule has 13 heavy (non-hydrogen) atoms. The second-order valence-corrected chi connectivity index (χ2v) is 4.39. The summed E-state index contributed by atoms with van der Waals surface area (Å²) in [6.45, 7) is 3.42. The van der Waals surface area contributed by atoms with Crippen LogP contribution in [0.4, 0.5) is 0 Å². The Balaban J connectivity index is 1.92. The molecule has 1 atom stereocenters. The first-order valence-electron chi connectivity index (χ1n) is 4.79. The third-order valence-electron chi connectivity index (χ3n) is 2.50. The van der Waals surface area contributed by atoms with Crippen LogP contribution in [-0.4, -0.2) is 23.2 Å². The van der Waals surface area contributed by atoms with Crippen molar-refractivity contribution in [3.05, 3.63) is 35.9 Å². The van der Waals surface area contributed by atoms with Gasteiger partial charge in [-0.05, 0) is 18.5 Å². The normalized spacial score (nSPS) is 23.6. The number of likely N-dealkylation sites (tertiary alicyclic amines) is 1. The number of thiol groups is 1. The Morgan fingerprint density at radius 3 is 2.69 bits per heavy atom. The summed E-state index contributed by atoms with van der Waals surface area (Å²) in [5.41, 5.74) is 1.41. The summed E-state index contributed by atoms with van der Waals surface area (Å²) in [6, 6.07) is 10.6. The fraction of sp³-hybridized carbons (Fsp3) is 0.455. The minimum absolute atomic E-state index is 0.587. The van der Waals surface area contributed by atoms with E-state index in [0.717, 1.165) is 13.1 Å². The van der Waals surface area contributed by atoms with E-state index in [2.05, 4.69) is 47.9 Å². The maximum Gasteiger partial charge on any atom is 0.0234 e. The van der Waals surface area contributed by atoms with Crippen molar-refractivity contribution in [2.75, 3.05) is 13.1 Å². The zero-order valence-corrected chi connectivity index (χ0v) is 8.58. The first-order chi connectivity index (χ1) is 6.34. The molecule has 1 aliphatic rings. The minimum Gasteiger partial charge on any atom is -0.298 e. The van der Waals surface area contributed by atoms with E-state index >= 15 is 0 Å². The quantitative estimate of drug-likeness (QED) is 0.705. The minimum atomic E-state index is 0.587. The van der Waals surface area contributed by atoms with E-state index in [4.69, 9.17) is 0 Å². The molecular formula is C11H15NS. The summed E-state index contributed by atoms with van der Waals surface area (Å²) in [4.78, 5) is 2.47. The van der Waals surface area contributed by atoms with Crippen LogP contribution >= 0.6 is 12.6 Å². The molecule has 0 N–H and O–H groups in total. The molecule has 70 valence electrons. The molecule has 0 aromatic heterocycles. The second kappa shape index (κ2) is 4.16. The molecule has 0 saturated carbocycles. The lowest BCUT2D eigenvalue weighted by Gasteiger charge is -2.14. The molecule has 1 aromatic carbocycles. The van der Waals surface area contributed by atoms with Crippen molar-refractivity contribution < 1.29 is 0 Å². The van der Waals surface area contributed by atoms with Crippen molar-refractivity contribution in [3.63, 3.8) is 0 Å². The lowest BCUT2D eigenvalue weighted by Crippen LogP contribution is -2.20. The predicted molar refractivity (Wildman–Crippen MR) is 59.1 cm³/mol. The number of hydrogen-bond donors (Lipinski definition) is 1. The molecule has 0 aliphatic carbocycles. The topological polar surface area (TPSA) is 3.24 Å². The van der Waals surface area contributed by atoms with Crippen molar-refractivity contribution in [3.8, 4) is 0 Å². The predicted octanol–water partition coefficient (Wildman–Crippen LogP) is 2.19. The highest BCUT2D eigenvalue weighted by Gasteiger charge is 2.18. The largest absolute Gasteiger partial charge is 0.298 e. The third kappa shape index (κ3) is 2.48. The molecule has 0 bridgehead atoms. The molecule has 0 unspecified atom stereocenters. The second-order valence-electron chi connectivity index (χ2n) is 3.66. The summed E-state index contributed by atoms with van der Waals surface area (Å²) >= 11 is 4.48. The van der Waals surface area contributed by atoms with E-state index in [1.165, 1.54) is 18.5 Å². The molecule has 2 rings (SSSR count). The number of hydrogen-bond acceptors (Lipinski definition) is 2. The van der Waals surface area contributed by atoms with Crippen LogP contribution < -0.4 is 0 Å². The molecule has 1 aliphatic heterocycles. The summed E-state index contributed by atoms with van der Waals surface area (Å²) < 4.78 is 0. The first kappa shape index (κ1) is 9.10. The van der Waals surface area contributed by atoms with Gasteiger partial charge in [0, 0.05) is 18.3 Å². The van der Waals surface area contributed by atoms with Gasteiger partial charge in [0.15, 0.2) is 0 Å². The van der Waals surface area contributed by atoms with Crippen LogP contribution in [0, 0.1) is 0 Å². The van der Waals surface area contributed by atoms with Crippen molar-refractivity contribution in [1.82, 2.24) is 4.90 Å². The third-order valence-corrected chi connectivity index (χ3v) is 2.92. The summed E-state index contributed by atoms with van der Waals surface area (Å²) in [5, 5.41) is 0.587. The van der Waals surface area contributed by atoms with E-state index in [1.807, 2.05) is 0 Å². The fourth-order valence-electron chi connectivity index (χ4n) is 1.80. The van der Waals surface area contributed by atoms with E-state index in [1.54, 1.807) is 0 Å². The number of nitrogens with zero attached hydrogens (tertiary/aromatic N) is 1. The van der Waals surface area contributed by atoms with E-state index in [9.17, 15) is 0 Å². The summed E-state index contributed by atoms with van der Waals surface area (Å²) in [6.07, 6.45) is 1.23. The van der Waals surface area contributed by atoms with Gasteiger partial charge in [0.2, 0.25) is 0 Å². The zero-order valence-electron chi connectivity index (χ0n) is 7.69. The molecular weight excluding hydrogens is 178 g/mol. The lowest BCUT2D eigenvalue weighted by molar-refractivity contribution is 0.332. The molecule has 2 heteroatoms. The summed E-state index contributed by atoms with van der Waals surface area (Å²) in [5.74, 6) is 0. The van der Waals surface area contributed by atoms with Crippen LogP contribution in [0.25, 0.3) is 0 Å². The van der Waals surface area contributed by atoms with Crippen molar-refractivity contribution in [1.29, 1.82) is 0 Å². The maximum atomic E-state index is 4.48. The summed E-state index contributed by atoms with van der Waals surface area (Å²) in [7, 11) is 0. The Hall–Kier alpha value is -0.470. The van der Waals surface area contributed by atoms with Crippen LogP contribution in [0.5, 0.6) is 0 Å². The SMILES string of the molecule is S[C@H]1CCN(Cc2ccccc2)C1.